The zero-order valence-electron chi connectivity index (χ0n) is 6.35. The number of hydrogen-bond donors (Lipinski definition) is 2. The van der Waals surface area contributed by atoms with Gasteiger partial charge in [0.1, 0.15) is 0 Å². The van der Waals surface area contributed by atoms with E-state index in [-0.39, 0.29) is 11.0 Å². The van der Waals surface area contributed by atoms with Gasteiger partial charge in [-0.15, -0.1) is 0 Å². The minimum Gasteiger partial charge on any atom is -0.503 e. The topological polar surface area (TPSA) is 53.1 Å². The third-order valence-corrected chi connectivity index (χ3v) is 2.03. The average Bonchev–Trinajstić information content (AvgIpc) is 2.09. The highest BCUT2D eigenvalue weighted by Crippen LogP contribution is 2.19. The fraction of sp³-hybridized carbons (Fsp3) is 0.286. The summed E-state index contributed by atoms with van der Waals surface area (Å²) in [5.74, 6) is -0.527. The molecule has 0 amide bonds. The van der Waals surface area contributed by atoms with Gasteiger partial charge in [0, 0.05) is 11.4 Å². The summed E-state index contributed by atoms with van der Waals surface area (Å²) in [4.78, 5) is 13.2. The van der Waals surface area contributed by atoms with Crippen LogP contribution >= 0.6 is 15.9 Å². The van der Waals surface area contributed by atoms with Crippen LogP contribution in [0.2, 0.25) is 0 Å². The molecule has 1 aromatic rings. The Morgan fingerprint density at radius 3 is 2.69 bits per heavy atom. The molecule has 0 bridgehead atoms. The largest absolute Gasteiger partial charge is 0.503 e. The summed E-state index contributed by atoms with van der Waals surface area (Å²) in [7, 11) is 0. The first-order chi connectivity index (χ1) is 6.06. The third kappa shape index (κ3) is 2.06. The van der Waals surface area contributed by atoms with Gasteiger partial charge in [0.25, 0.3) is 6.43 Å². The zero-order chi connectivity index (χ0) is 10.0. The predicted molar refractivity (Wildman–Crippen MR) is 46.3 cm³/mol. The second-order valence-electron chi connectivity index (χ2n) is 2.35. The van der Waals surface area contributed by atoms with E-state index in [4.69, 9.17) is 5.11 Å². The number of aromatic nitrogens is 1. The molecule has 3 nitrogen and oxygen atoms in total. The second-order valence-corrected chi connectivity index (χ2v) is 2.91. The summed E-state index contributed by atoms with van der Waals surface area (Å²) in [5, 5.41) is 9.20. The summed E-state index contributed by atoms with van der Waals surface area (Å²) < 4.78 is 24.3. The van der Waals surface area contributed by atoms with E-state index in [9.17, 15) is 13.6 Å². The van der Waals surface area contributed by atoms with E-state index in [0.717, 1.165) is 0 Å². The molecular formula is C7H6BrF2NO2. The molecule has 6 heteroatoms. The van der Waals surface area contributed by atoms with Gasteiger partial charge in [-0.25, -0.2) is 8.78 Å². The first-order valence-electron chi connectivity index (χ1n) is 3.35. The molecule has 0 aromatic carbocycles. The van der Waals surface area contributed by atoms with Crippen LogP contribution in [-0.4, -0.2) is 10.1 Å². The molecule has 0 saturated heterocycles. The lowest BCUT2D eigenvalue weighted by molar-refractivity contribution is 0.145. The van der Waals surface area contributed by atoms with Crippen molar-refractivity contribution in [2.45, 2.75) is 11.8 Å². The molecule has 0 aliphatic rings. The van der Waals surface area contributed by atoms with Gasteiger partial charge in [0.15, 0.2) is 5.75 Å². The van der Waals surface area contributed by atoms with Crippen molar-refractivity contribution in [1.29, 1.82) is 0 Å². The quantitative estimate of drug-likeness (QED) is 0.792. The van der Waals surface area contributed by atoms with Crippen LogP contribution in [0.4, 0.5) is 8.78 Å². The van der Waals surface area contributed by atoms with Crippen molar-refractivity contribution in [3.8, 4) is 5.75 Å². The maximum absolute atomic E-state index is 12.1. The SMILES string of the molecule is O=c1cc(C(F)F)[nH]c(CBr)c1O. The Balaban J connectivity index is 3.31. The molecule has 1 heterocycles. The molecule has 0 atom stereocenters. The van der Waals surface area contributed by atoms with Crippen LogP contribution in [-0.2, 0) is 5.33 Å². The molecule has 0 aliphatic heterocycles. The molecule has 1 rings (SSSR count). The first-order valence-corrected chi connectivity index (χ1v) is 4.47. The fourth-order valence-electron chi connectivity index (χ4n) is 0.842. The predicted octanol–water partition coefficient (Wildman–Crippen LogP) is 1.91. The van der Waals surface area contributed by atoms with E-state index < -0.39 is 23.3 Å². The summed E-state index contributed by atoms with van der Waals surface area (Å²) in [6.07, 6.45) is -2.74. The minimum absolute atomic E-state index is 0.0581. The van der Waals surface area contributed by atoms with Gasteiger partial charge in [0.05, 0.1) is 11.4 Å². The van der Waals surface area contributed by atoms with Gasteiger partial charge in [-0.2, -0.15) is 0 Å². The molecule has 2 N–H and O–H groups in total. The zero-order valence-corrected chi connectivity index (χ0v) is 7.94. The van der Waals surface area contributed by atoms with Crippen LogP contribution in [0.25, 0.3) is 0 Å². The number of hydrogen-bond acceptors (Lipinski definition) is 2. The lowest BCUT2D eigenvalue weighted by Gasteiger charge is -2.04. The Bertz CT molecular complexity index is 364. The van der Waals surface area contributed by atoms with Crippen molar-refractivity contribution >= 4 is 15.9 Å². The van der Waals surface area contributed by atoms with Crippen molar-refractivity contribution in [1.82, 2.24) is 4.98 Å². The number of H-pyrrole nitrogens is 1. The standard InChI is InChI=1S/C7H6BrF2NO2/c8-2-4-6(13)5(12)1-3(11-4)7(9)10/h1,7,13H,2H2,(H,11,12). The Morgan fingerprint density at radius 2 is 2.23 bits per heavy atom. The normalized spacial score (nSPS) is 10.8. The maximum atomic E-state index is 12.1. The second kappa shape index (κ2) is 3.87. The van der Waals surface area contributed by atoms with E-state index in [1.165, 1.54) is 0 Å². The number of aromatic hydroxyl groups is 1. The van der Waals surface area contributed by atoms with Crippen LogP contribution in [0, 0.1) is 0 Å². The van der Waals surface area contributed by atoms with Crippen molar-refractivity contribution in [3.05, 3.63) is 27.7 Å². The Labute approximate surface area is 80.5 Å². The van der Waals surface area contributed by atoms with E-state index in [0.29, 0.717) is 6.07 Å². The Hall–Kier alpha value is -0.910. The van der Waals surface area contributed by atoms with Gasteiger partial charge >= 0.3 is 0 Å². The van der Waals surface area contributed by atoms with Gasteiger partial charge in [-0.05, 0) is 0 Å². The highest BCUT2D eigenvalue weighted by Gasteiger charge is 2.13. The number of halogens is 3. The minimum atomic E-state index is -2.74. The van der Waals surface area contributed by atoms with Crippen molar-refractivity contribution < 1.29 is 13.9 Å². The summed E-state index contributed by atoms with van der Waals surface area (Å²) in [6.45, 7) is 0. The highest BCUT2D eigenvalue weighted by atomic mass is 79.9. The van der Waals surface area contributed by atoms with E-state index in [2.05, 4.69) is 20.9 Å². The number of nitrogens with one attached hydrogen (secondary N) is 1. The van der Waals surface area contributed by atoms with E-state index in [1.54, 1.807) is 0 Å². The monoisotopic (exact) mass is 253 g/mol. The average molecular weight is 254 g/mol. The molecule has 1 aromatic heterocycles. The maximum Gasteiger partial charge on any atom is 0.278 e. The third-order valence-electron chi connectivity index (χ3n) is 1.47. The molecule has 13 heavy (non-hydrogen) atoms. The smallest absolute Gasteiger partial charge is 0.278 e. The number of pyridine rings is 1. The van der Waals surface area contributed by atoms with Crippen molar-refractivity contribution in [2.75, 3.05) is 0 Å². The Morgan fingerprint density at radius 1 is 1.62 bits per heavy atom. The number of alkyl halides is 3. The number of rotatable bonds is 2. The van der Waals surface area contributed by atoms with Gasteiger partial charge in [0.2, 0.25) is 5.43 Å². The summed E-state index contributed by atoms with van der Waals surface area (Å²) >= 11 is 2.95. The van der Waals surface area contributed by atoms with E-state index >= 15 is 0 Å². The van der Waals surface area contributed by atoms with Crippen LogP contribution in [0.3, 0.4) is 0 Å². The molecule has 0 unspecified atom stereocenters. The lowest BCUT2D eigenvalue weighted by atomic mass is 10.3. The molecular weight excluding hydrogens is 248 g/mol. The van der Waals surface area contributed by atoms with Crippen LogP contribution in [0.1, 0.15) is 17.8 Å². The van der Waals surface area contributed by atoms with Crippen LogP contribution < -0.4 is 5.43 Å². The molecule has 0 aliphatic carbocycles. The molecule has 0 spiro atoms. The lowest BCUT2D eigenvalue weighted by Crippen LogP contribution is -2.07. The van der Waals surface area contributed by atoms with Gasteiger partial charge in [-0.1, -0.05) is 15.9 Å². The fourth-order valence-corrected chi connectivity index (χ4v) is 1.25. The number of aromatic amines is 1. The van der Waals surface area contributed by atoms with Gasteiger partial charge in [-0.3, -0.25) is 4.79 Å². The Kier molecular flexibility index (Phi) is 3.02. The van der Waals surface area contributed by atoms with Crippen LogP contribution in [0.5, 0.6) is 5.75 Å². The first kappa shape index (κ1) is 10.2. The van der Waals surface area contributed by atoms with Crippen molar-refractivity contribution in [2.24, 2.45) is 0 Å². The summed E-state index contributed by atoms with van der Waals surface area (Å²) in [6, 6.07) is 0.687. The van der Waals surface area contributed by atoms with Crippen LogP contribution in [0.15, 0.2) is 10.9 Å². The molecule has 72 valence electrons. The molecule has 0 fully saturated rings. The van der Waals surface area contributed by atoms with Gasteiger partial charge < -0.3 is 10.1 Å². The summed E-state index contributed by atoms with van der Waals surface area (Å²) in [5.41, 5.74) is -1.23. The van der Waals surface area contributed by atoms with Crippen molar-refractivity contribution in [3.63, 3.8) is 0 Å². The molecule has 0 radical (unpaired) electrons. The highest BCUT2D eigenvalue weighted by molar-refractivity contribution is 9.08. The molecule has 0 saturated carbocycles. The van der Waals surface area contributed by atoms with E-state index in [1.807, 2.05) is 0 Å².